The maximum atomic E-state index is 12.0. The van der Waals surface area contributed by atoms with E-state index in [4.69, 9.17) is 5.73 Å². The van der Waals surface area contributed by atoms with Gasteiger partial charge in [0.1, 0.15) is 17.0 Å². The third kappa shape index (κ3) is 3.19. The van der Waals surface area contributed by atoms with Crippen LogP contribution in [0.25, 0.3) is 0 Å². The molecular formula is C10H15N7OS. The Bertz CT molecular complexity index is 576. The second-order valence-corrected chi connectivity index (χ2v) is 4.78. The molecule has 1 amide bonds. The first kappa shape index (κ1) is 13.3. The van der Waals surface area contributed by atoms with Gasteiger partial charge in [0.15, 0.2) is 11.0 Å². The number of rotatable bonds is 5. The standard InChI is InChI=1S/C10H15N7OS/c1-3-12-10-15-8(11)7(19-10)9(18)13-4-6-14-5-17(2)16-6/h5H,3-4,11H2,1-2H3,(H,12,15)(H,13,18). The zero-order chi connectivity index (χ0) is 13.8. The van der Waals surface area contributed by atoms with Gasteiger partial charge in [-0.15, -0.1) is 0 Å². The van der Waals surface area contributed by atoms with Crippen molar-refractivity contribution in [3.05, 3.63) is 17.0 Å². The monoisotopic (exact) mass is 281 g/mol. The molecule has 0 fully saturated rings. The van der Waals surface area contributed by atoms with Crippen LogP contribution in [0, 0.1) is 0 Å². The summed E-state index contributed by atoms with van der Waals surface area (Å²) in [4.78, 5) is 20.4. The Labute approximate surface area is 114 Å². The van der Waals surface area contributed by atoms with Gasteiger partial charge in [-0.2, -0.15) is 5.10 Å². The minimum Gasteiger partial charge on any atom is -0.382 e. The number of nitrogens with zero attached hydrogens (tertiary/aromatic N) is 4. The quantitative estimate of drug-likeness (QED) is 0.723. The van der Waals surface area contributed by atoms with E-state index >= 15 is 0 Å². The van der Waals surface area contributed by atoms with Crippen LogP contribution in [0.3, 0.4) is 0 Å². The van der Waals surface area contributed by atoms with Crippen LogP contribution < -0.4 is 16.4 Å². The Morgan fingerprint density at radius 3 is 3.00 bits per heavy atom. The van der Waals surface area contributed by atoms with Crippen LogP contribution in [0.15, 0.2) is 6.33 Å². The molecule has 0 aromatic carbocycles. The van der Waals surface area contributed by atoms with Crippen LogP contribution in [-0.4, -0.2) is 32.2 Å². The Morgan fingerprint density at radius 2 is 2.37 bits per heavy atom. The largest absolute Gasteiger partial charge is 0.382 e. The van der Waals surface area contributed by atoms with E-state index in [1.807, 2.05) is 6.92 Å². The number of carbonyl (C=O) groups is 1. The van der Waals surface area contributed by atoms with Crippen molar-refractivity contribution in [1.82, 2.24) is 25.1 Å². The third-order valence-corrected chi connectivity index (χ3v) is 3.27. The summed E-state index contributed by atoms with van der Waals surface area (Å²) in [6.45, 7) is 2.93. The molecule has 0 aliphatic carbocycles. The van der Waals surface area contributed by atoms with E-state index in [-0.39, 0.29) is 18.3 Å². The Kier molecular flexibility index (Phi) is 3.95. The molecule has 0 atom stereocenters. The Morgan fingerprint density at radius 1 is 1.58 bits per heavy atom. The van der Waals surface area contributed by atoms with Gasteiger partial charge in [-0.05, 0) is 6.92 Å². The molecule has 0 aliphatic heterocycles. The lowest BCUT2D eigenvalue weighted by atomic mass is 10.4. The molecule has 0 saturated heterocycles. The zero-order valence-electron chi connectivity index (χ0n) is 10.7. The van der Waals surface area contributed by atoms with Crippen molar-refractivity contribution in [1.29, 1.82) is 0 Å². The maximum absolute atomic E-state index is 12.0. The smallest absolute Gasteiger partial charge is 0.265 e. The summed E-state index contributed by atoms with van der Waals surface area (Å²) in [6, 6.07) is 0. The van der Waals surface area contributed by atoms with E-state index in [1.165, 1.54) is 11.3 Å². The fourth-order valence-electron chi connectivity index (χ4n) is 1.43. The van der Waals surface area contributed by atoms with Crippen LogP contribution in [0.1, 0.15) is 22.4 Å². The first-order chi connectivity index (χ1) is 9.10. The molecule has 2 rings (SSSR count). The number of anilines is 2. The van der Waals surface area contributed by atoms with E-state index in [0.29, 0.717) is 15.8 Å². The van der Waals surface area contributed by atoms with Crippen molar-refractivity contribution in [3.8, 4) is 0 Å². The molecular weight excluding hydrogens is 266 g/mol. The van der Waals surface area contributed by atoms with Crippen LogP contribution in [0.2, 0.25) is 0 Å². The highest BCUT2D eigenvalue weighted by Gasteiger charge is 2.16. The SMILES string of the molecule is CCNc1nc(N)c(C(=O)NCc2ncn(C)n2)s1. The Balaban J connectivity index is 1.99. The number of carbonyl (C=O) groups excluding carboxylic acids is 1. The van der Waals surface area contributed by atoms with Crippen LogP contribution >= 0.6 is 11.3 Å². The van der Waals surface area contributed by atoms with E-state index in [9.17, 15) is 4.79 Å². The molecule has 19 heavy (non-hydrogen) atoms. The van der Waals surface area contributed by atoms with Crippen molar-refractivity contribution in [3.63, 3.8) is 0 Å². The molecule has 0 bridgehead atoms. The first-order valence-electron chi connectivity index (χ1n) is 5.73. The lowest BCUT2D eigenvalue weighted by Gasteiger charge is -2.00. The molecule has 0 radical (unpaired) electrons. The highest BCUT2D eigenvalue weighted by Crippen LogP contribution is 2.24. The lowest BCUT2D eigenvalue weighted by Crippen LogP contribution is -2.23. The van der Waals surface area contributed by atoms with Crippen molar-refractivity contribution in [2.75, 3.05) is 17.6 Å². The molecule has 0 spiro atoms. The van der Waals surface area contributed by atoms with E-state index in [2.05, 4.69) is 25.7 Å². The van der Waals surface area contributed by atoms with Gasteiger partial charge in [0.2, 0.25) is 0 Å². The van der Waals surface area contributed by atoms with Crippen LogP contribution in [0.4, 0.5) is 10.9 Å². The van der Waals surface area contributed by atoms with Crippen molar-refractivity contribution < 1.29 is 4.79 Å². The Hall–Kier alpha value is -2.16. The molecule has 0 unspecified atom stereocenters. The summed E-state index contributed by atoms with van der Waals surface area (Å²) >= 11 is 1.23. The lowest BCUT2D eigenvalue weighted by molar-refractivity contribution is 0.0954. The fourth-order valence-corrected chi connectivity index (χ4v) is 2.29. The predicted octanol–water partition coefficient (Wildman–Crippen LogP) is 0.216. The number of thiazole rings is 1. The summed E-state index contributed by atoms with van der Waals surface area (Å²) in [5.41, 5.74) is 5.71. The molecule has 4 N–H and O–H groups in total. The number of aromatic nitrogens is 4. The van der Waals surface area contributed by atoms with Crippen LogP contribution in [0.5, 0.6) is 0 Å². The number of aryl methyl sites for hydroxylation is 1. The van der Waals surface area contributed by atoms with Gasteiger partial charge >= 0.3 is 0 Å². The predicted molar refractivity (Wildman–Crippen MR) is 72.9 cm³/mol. The minimum atomic E-state index is -0.272. The summed E-state index contributed by atoms with van der Waals surface area (Å²) in [7, 11) is 1.77. The van der Waals surface area contributed by atoms with Gasteiger partial charge in [-0.3, -0.25) is 9.48 Å². The van der Waals surface area contributed by atoms with Crippen molar-refractivity contribution in [2.45, 2.75) is 13.5 Å². The van der Waals surface area contributed by atoms with Gasteiger partial charge in [-0.25, -0.2) is 9.97 Å². The molecule has 0 aliphatic rings. The van der Waals surface area contributed by atoms with E-state index < -0.39 is 0 Å². The van der Waals surface area contributed by atoms with Crippen LogP contribution in [-0.2, 0) is 13.6 Å². The summed E-state index contributed by atoms with van der Waals surface area (Å²) in [6.07, 6.45) is 1.58. The number of hydrogen-bond acceptors (Lipinski definition) is 7. The fraction of sp³-hybridized carbons (Fsp3) is 0.400. The van der Waals surface area contributed by atoms with Gasteiger partial charge in [0, 0.05) is 13.6 Å². The highest BCUT2D eigenvalue weighted by atomic mass is 32.1. The number of nitrogens with one attached hydrogen (secondary N) is 2. The average Bonchev–Trinajstić information content (AvgIpc) is 2.93. The average molecular weight is 281 g/mol. The molecule has 2 aromatic rings. The van der Waals surface area contributed by atoms with Gasteiger partial charge in [-0.1, -0.05) is 11.3 Å². The van der Waals surface area contributed by atoms with Crippen molar-refractivity contribution in [2.24, 2.45) is 7.05 Å². The summed E-state index contributed by atoms with van der Waals surface area (Å²) in [5, 5.41) is 10.4. The molecule has 9 heteroatoms. The number of amides is 1. The van der Waals surface area contributed by atoms with E-state index in [0.717, 1.165) is 6.54 Å². The van der Waals surface area contributed by atoms with Crippen molar-refractivity contribution >= 4 is 28.2 Å². The van der Waals surface area contributed by atoms with Gasteiger partial charge in [0.25, 0.3) is 5.91 Å². The van der Waals surface area contributed by atoms with Gasteiger partial charge < -0.3 is 16.4 Å². The van der Waals surface area contributed by atoms with E-state index in [1.54, 1.807) is 18.1 Å². The number of hydrogen-bond donors (Lipinski definition) is 3. The first-order valence-corrected chi connectivity index (χ1v) is 6.54. The molecule has 2 aromatic heterocycles. The molecule has 0 saturated carbocycles. The second kappa shape index (κ2) is 5.65. The normalized spacial score (nSPS) is 10.4. The maximum Gasteiger partial charge on any atom is 0.265 e. The summed E-state index contributed by atoms with van der Waals surface area (Å²) < 4.78 is 1.58. The molecule has 102 valence electrons. The topological polar surface area (TPSA) is 111 Å². The molecule has 8 nitrogen and oxygen atoms in total. The zero-order valence-corrected chi connectivity index (χ0v) is 11.5. The number of nitrogen functional groups attached to an aromatic ring is 1. The number of nitrogens with two attached hydrogens (primary N) is 1. The molecule has 2 heterocycles. The summed E-state index contributed by atoms with van der Waals surface area (Å²) in [5.74, 6) is 0.505. The second-order valence-electron chi connectivity index (χ2n) is 3.78. The van der Waals surface area contributed by atoms with Gasteiger partial charge in [0.05, 0.1) is 6.54 Å². The third-order valence-electron chi connectivity index (χ3n) is 2.24. The highest BCUT2D eigenvalue weighted by molar-refractivity contribution is 7.18. The minimum absolute atomic E-state index is 0.229.